The lowest BCUT2D eigenvalue weighted by Gasteiger charge is -2.11. The first-order valence-corrected chi connectivity index (χ1v) is 9.45. The highest BCUT2D eigenvalue weighted by molar-refractivity contribution is 5.97. The van der Waals surface area contributed by atoms with Crippen molar-refractivity contribution in [3.63, 3.8) is 0 Å². The number of esters is 1. The van der Waals surface area contributed by atoms with E-state index in [1.807, 2.05) is 32.9 Å². The Morgan fingerprint density at radius 2 is 1.73 bits per heavy atom. The molecule has 1 aromatic heterocycles. The molecule has 0 fully saturated rings. The molecule has 0 unspecified atom stereocenters. The van der Waals surface area contributed by atoms with Crippen LogP contribution in [0.5, 0.6) is 5.75 Å². The van der Waals surface area contributed by atoms with Gasteiger partial charge in [-0.15, -0.1) is 0 Å². The first kappa shape index (κ1) is 21.3. The standard InChI is InChI=1S/C23H23NO6/c1-13-9-14(2)20(15(3)10-13)23(27)29-17-6-5-16-11-18(21(25)24-7-8-28-4)22(26)30-19(16)12-17/h5-6,9-12H,7-8H2,1-4H3,(H,24,25). The first-order valence-electron chi connectivity index (χ1n) is 9.45. The van der Waals surface area contributed by atoms with Crippen LogP contribution in [0, 0.1) is 20.8 Å². The predicted molar refractivity (Wildman–Crippen MR) is 112 cm³/mol. The summed E-state index contributed by atoms with van der Waals surface area (Å²) in [5.41, 5.74) is 2.57. The third kappa shape index (κ3) is 4.58. The van der Waals surface area contributed by atoms with E-state index in [1.54, 1.807) is 12.1 Å². The number of methoxy groups -OCH3 is 1. The van der Waals surface area contributed by atoms with Gasteiger partial charge in [-0.3, -0.25) is 4.79 Å². The lowest BCUT2D eigenvalue weighted by Crippen LogP contribution is -2.30. The second-order valence-corrected chi connectivity index (χ2v) is 7.06. The molecule has 0 saturated heterocycles. The van der Waals surface area contributed by atoms with Gasteiger partial charge in [0.1, 0.15) is 16.9 Å². The van der Waals surface area contributed by atoms with Crippen molar-refractivity contribution in [2.45, 2.75) is 20.8 Å². The van der Waals surface area contributed by atoms with Gasteiger partial charge in [0, 0.05) is 25.1 Å². The van der Waals surface area contributed by atoms with Crippen molar-refractivity contribution in [3.05, 3.63) is 74.6 Å². The lowest BCUT2D eigenvalue weighted by atomic mass is 10.00. The number of carbonyl (C=O) groups is 2. The molecule has 7 heteroatoms. The summed E-state index contributed by atoms with van der Waals surface area (Å²) in [5, 5.41) is 3.12. The van der Waals surface area contributed by atoms with Crippen LogP contribution >= 0.6 is 0 Å². The summed E-state index contributed by atoms with van der Waals surface area (Å²) in [7, 11) is 1.52. The van der Waals surface area contributed by atoms with Crippen LogP contribution in [0.25, 0.3) is 11.0 Å². The first-order chi connectivity index (χ1) is 14.3. The molecule has 0 aliphatic rings. The third-order valence-corrected chi connectivity index (χ3v) is 4.64. The number of hydrogen-bond acceptors (Lipinski definition) is 6. The molecule has 0 spiro atoms. The number of aryl methyl sites for hydroxylation is 3. The van der Waals surface area contributed by atoms with Gasteiger partial charge < -0.3 is 19.2 Å². The van der Waals surface area contributed by atoms with E-state index in [0.29, 0.717) is 17.6 Å². The summed E-state index contributed by atoms with van der Waals surface area (Å²) >= 11 is 0. The van der Waals surface area contributed by atoms with Gasteiger partial charge in [-0.2, -0.15) is 0 Å². The van der Waals surface area contributed by atoms with Gasteiger partial charge in [0.2, 0.25) is 0 Å². The molecule has 3 aromatic rings. The Morgan fingerprint density at radius 3 is 2.40 bits per heavy atom. The van der Waals surface area contributed by atoms with Crippen LogP contribution in [0.4, 0.5) is 0 Å². The molecular formula is C23H23NO6. The predicted octanol–water partition coefficient (Wildman–Crippen LogP) is 3.31. The van der Waals surface area contributed by atoms with E-state index in [2.05, 4.69) is 5.32 Å². The number of fused-ring (bicyclic) bond motifs is 1. The second kappa shape index (κ2) is 8.92. The SMILES string of the molecule is COCCNC(=O)c1cc2ccc(OC(=O)c3c(C)cc(C)cc3C)cc2oc1=O. The fourth-order valence-corrected chi connectivity index (χ4v) is 3.34. The molecule has 0 radical (unpaired) electrons. The van der Waals surface area contributed by atoms with Crippen LogP contribution in [-0.2, 0) is 4.74 Å². The van der Waals surface area contributed by atoms with Crippen molar-refractivity contribution in [2.24, 2.45) is 0 Å². The minimum atomic E-state index is -0.772. The van der Waals surface area contributed by atoms with Crippen molar-refractivity contribution < 1.29 is 23.5 Å². The van der Waals surface area contributed by atoms with Crippen molar-refractivity contribution >= 4 is 22.8 Å². The molecule has 30 heavy (non-hydrogen) atoms. The van der Waals surface area contributed by atoms with Gasteiger partial charge in [-0.05, 0) is 50.1 Å². The quantitative estimate of drug-likeness (QED) is 0.290. The molecule has 1 heterocycles. The maximum Gasteiger partial charge on any atom is 0.349 e. The molecule has 1 N–H and O–H groups in total. The van der Waals surface area contributed by atoms with Gasteiger partial charge >= 0.3 is 11.6 Å². The summed E-state index contributed by atoms with van der Waals surface area (Å²) in [6.07, 6.45) is 0. The molecule has 156 valence electrons. The average molecular weight is 409 g/mol. The molecule has 3 rings (SSSR count). The number of rotatable bonds is 6. The molecule has 0 atom stereocenters. The van der Waals surface area contributed by atoms with Gasteiger partial charge in [-0.1, -0.05) is 17.7 Å². The van der Waals surface area contributed by atoms with Crippen molar-refractivity contribution in [2.75, 3.05) is 20.3 Å². The van der Waals surface area contributed by atoms with E-state index in [1.165, 1.54) is 19.2 Å². The lowest BCUT2D eigenvalue weighted by molar-refractivity contribution is 0.0733. The van der Waals surface area contributed by atoms with E-state index in [4.69, 9.17) is 13.9 Å². The molecule has 0 saturated carbocycles. The zero-order valence-corrected chi connectivity index (χ0v) is 17.3. The fourth-order valence-electron chi connectivity index (χ4n) is 3.34. The minimum absolute atomic E-state index is 0.103. The van der Waals surface area contributed by atoms with Crippen LogP contribution in [0.1, 0.15) is 37.4 Å². The minimum Gasteiger partial charge on any atom is -0.423 e. The topological polar surface area (TPSA) is 94.8 Å². The van der Waals surface area contributed by atoms with E-state index < -0.39 is 17.5 Å². The monoisotopic (exact) mass is 409 g/mol. The third-order valence-electron chi connectivity index (χ3n) is 4.64. The number of benzene rings is 2. The smallest absolute Gasteiger partial charge is 0.349 e. The van der Waals surface area contributed by atoms with E-state index in [0.717, 1.165) is 16.7 Å². The Balaban J connectivity index is 1.86. The normalized spacial score (nSPS) is 10.8. The number of ether oxygens (including phenoxy) is 2. The van der Waals surface area contributed by atoms with Crippen molar-refractivity contribution in [1.82, 2.24) is 5.32 Å². The number of nitrogens with one attached hydrogen (secondary N) is 1. The van der Waals surface area contributed by atoms with Crippen molar-refractivity contribution in [3.8, 4) is 5.75 Å². The molecule has 0 aliphatic heterocycles. The molecule has 1 amide bonds. The van der Waals surface area contributed by atoms with Crippen LogP contribution in [0.15, 0.2) is 45.6 Å². The van der Waals surface area contributed by atoms with Gasteiger partial charge in [0.25, 0.3) is 5.91 Å². The van der Waals surface area contributed by atoms with Crippen LogP contribution in [0.2, 0.25) is 0 Å². The summed E-state index contributed by atoms with van der Waals surface area (Å²) < 4.78 is 15.6. The Morgan fingerprint density at radius 1 is 1.03 bits per heavy atom. The molecule has 0 aliphatic carbocycles. The molecule has 2 aromatic carbocycles. The van der Waals surface area contributed by atoms with Crippen LogP contribution in [0.3, 0.4) is 0 Å². The Kier molecular flexibility index (Phi) is 6.32. The Hall–Kier alpha value is -3.45. The second-order valence-electron chi connectivity index (χ2n) is 7.06. The van der Waals surface area contributed by atoms with Gasteiger partial charge in [0.05, 0.1) is 12.2 Å². The molecular weight excluding hydrogens is 386 g/mol. The zero-order valence-electron chi connectivity index (χ0n) is 17.3. The largest absolute Gasteiger partial charge is 0.423 e. The van der Waals surface area contributed by atoms with E-state index in [9.17, 15) is 14.4 Å². The summed E-state index contributed by atoms with van der Waals surface area (Å²) in [6, 6.07) is 9.96. The number of hydrogen-bond donors (Lipinski definition) is 1. The fraction of sp³-hybridized carbons (Fsp3) is 0.261. The summed E-state index contributed by atoms with van der Waals surface area (Å²) in [5.74, 6) is -0.781. The maximum atomic E-state index is 12.7. The summed E-state index contributed by atoms with van der Waals surface area (Å²) in [6.45, 7) is 6.29. The zero-order chi connectivity index (χ0) is 21.8. The highest BCUT2D eigenvalue weighted by atomic mass is 16.5. The highest BCUT2D eigenvalue weighted by Gasteiger charge is 2.17. The van der Waals surface area contributed by atoms with Crippen LogP contribution < -0.4 is 15.7 Å². The van der Waals surface area contributed by atoms with Crippen molar-refractivity contribution in [1.29, 1.82) is 0 Å². The molecule has 7 nitrogen and oxygen atoms in total. The highest BCUT2D eigenvalue weighted by Crippen LogP contribution is 2.23. The number of carbonyl (C=O) groups excluding carboxylic acids is 2. The molecule has 0 bridgehead atoms. The Bertz CT molecular complexity index is 1160. The van der Waals surface area contributed by atoms with E-state index >= 15 is 0 Å². The Labute approximate surface area is 173 Å². The van der Waals surface area contributed by atoms with E-state index in [-0.39, 0.29) is 23.4 Å². The van der Waals surface area contributed by atoms with Gasteiger partial charge in [0.15, 0.2) is 0 Å². The van der Waals surface area contributed by atoms with Gasteiger partial charge in [-0.25, -0.2) is 9.59 Å². The van der Waals surface area contributed by atoms with Crippen LogP contribution in [-0.4, -0.2) is 32.1 Å². The number of amides is 1. The maximum absolute atomic E-state index is 12.7. The average Bonchev–Trinajstić information content (AvgIpc) is 2.66. The summed E-state index contributed by atoms with van der Waals surface area (Å²) in [4.78, 5) is 37.0.